The van der Waals surface area contributed by atoms with Crippen LogP contribution >= 0.6 is 11.6 Å². The average Bonchev–Trinajstić information content (AvgIpc) is 2.44. The highest BCUT2D eigenvalue weighted by Crippen LogP contribution is 2.07. The predicted molar refractivity (Wildman–Crippen MR) is 50.8 cm³/mol. The first-order valence-electron chi connectivity index (χ1n) is 4.00. The lowest BCUT2D eigenvalue weighted by Crippen LogP contribution is -2.03. The summed E-state index contributed by atoms with van der Waals surface area (Å²) >= 11 is 5.64. The Bertz CT molecular complexity index is 423. The lowest BCUT2D eigenvalue weighted by molar-refractivity contribution is 0.906. The van der Waals surface area contributed by atoms with Crippen molar-refractivity contribution in [1.82, 2.24) is 14.6 Å². The zero-order valence-corrected chi connectivity index (χ0v) is 7.70. The van der Waals surface area contributed by atoms with E-state index in [1.54, 1.807) is 4.52 Å². The second kappa shape index (κ2) is 3.32. The third kappa shape index (κ3) is 1.64. The summed E-state index contributed by atoms with van der Waals surface area (Å²) < 4.78 is 1.66. The molecule has 2 rings (SSSR count). The minimum absolute atomic E-state index is 0.268. The summed E-state index contributed by atoms with van der Waals surface area (Å²) in [5.74, 6) is 0. The van der Waals surface area contributed by atoms with E-state index in [2.05, 4.69) is 10.1 Å². The minimum atomic E-state index is 0.268. The fourth-order valence-electron chi connectivity index (χ4n) is 1.21. The monoisotopic (exact) mass is 196 g/mol. The molecule has 4 nitrogen and oxygen atoms in total. The van der Waals surface area contributed by atoms with E-state index in [-0.39, 0.29) is 5.28 Å². The first-order valence-corrected chi connectivity index (χ1v) is 4.38. The summed E-state index contributed by atoms with van der Waals surface area (Å²) in [7, 11) is 0. The molecule has 2 N–H and O–H groups in total. The number of hydrogen-bond acceptors (Lipinski definition) is 3. The molecule has 0 saturated heterocycles. The molecule has 0 amide bonds. The molecule has 0 saturated carbocycles. The molecule has 0 atom stereocenters. The molecule has 0 aromatic carbocycles. The normalized spacial score (nSPS) is 10.9. The van der Waals surface area contributed by atoms with E-state index < -0.39 is 0 Å². The van der Waals surface area contributed by atoms with Crippen LogP contribution in [0.4, 0.5) is 0 Å². The Morgan fingerprint density at radius 2 is 2.31 bits per heavy atom. The van der Waals surface area contributed by atoms with Gasteiger partial charge < -0.3 is 5.73 Å². The molecule has 0 unspecified atom stereocenters. The molecule has 0 radical (unpaired) electrons. The van der Waals surface area contributed by atoms with Crippen molar-refractivity contribution in [3.8, 4) is 0 Å². The molecule has 0 aliphatic heterocycles. The van der Waals surface area contributed by atoms with Crippen LogP contribution in [0.5, 0.6) is 0 Å². The van der Waals surface area contributed by atoms with E-state index in [1.165, 1.54) is 0 Å². The van der Waals surface area contributed by atoms with Crippen LogP contribution in [0.25, 0.3) is 5.65 Å². The minimum Gasteiger partial charge on any atom is -0.330 e. The van der Waals surface area contributed by atoms with E-state index in [1.807, 2.05) is 18.3 Å². The zero-order valence-electron chi connectivity index (χ0n) is 6.94. The van der Waals surface area contributed by atoms with Crippen molar-refractivity contribution in [2.75, 3.05) is 6.54 Å². The Morgan fingerprint density at radius 1 is 1.46 bits per heavy atom. The Morgan fingerprint density at radius 3 is 3.08 bits per heavy atom. The number of halogens is 1. The largest absolute Gasteiger partial charge is 0.330 e. The van der Waals surface area contributed by atoms with Crippen molar-refractivity contribution in [2.45, 2.75) is 6.42 Å². The average molecular weight is 197 g/mol. The number of aromatic nitrogens is 3. The van der Waals surface area contributed by atoms with Gasteiger partial charge >= 0.3 is 0 Å². The highest BCUT2D eigenvalue weighted by molar-refractivity contribution is 6.28. The molecule has 5 heteroatoms. The summed E-state index contributed by atoms with van der Waals surface area (Å²) in [5.41, 5.74) is 7.33. The van der Waals surface area contributed by atoms with E-state index in [0.717, 1.165) is 17.6 Å². The Balaban J connectivity index is 2.48. The molecule has 13 heavy (non-hydrogen) atoms. The van der Waals surface area contributed by atoms with Crippen LogP contribution in [0.1, 0.15) is 5.56 Å². The highest BCUT2D eigenvalue weighted by Gasteiger charge is 2.00. The van der Waals surface area contributed by atoms with Crippen molar-refractivity contribution < 1.29 is 0 Å². The second-order valence-electron chi connectivity index (χ2n) is 2.76. The molecular formula is C8H9ClN4. The van der Waals surface area contributed by atoms with Crippen LogP contribution in [-0.4, -0.2) is 21.1 Å². The number of hydrogen-bond donors (Lipinski definition) is 1. The molecule has 0 aliphatic rings. The predicted octanol–water partition coefficient (Wildman–Crippen LogP) is 0.884. The maximum absolute atomic E-state index is 5.64. The van der Waals surface area contributed by atoms with Crippen molar-refractivity contribution in [2.24, 2.45) is 5.73 Å². The molecular weight excluding hydrogens is 188 g/mol. The second-order valence-corrected chi connectivity index (χ2v) is 3.10. The summed E-state index contributed by atoms with van der Waals surface area (Å²) in [5, 5.41) is 4.25. The zero-order chi connectivity index (χ0) is 9.26. The molecule has 0 fully saturated rings. The summed E-state index contributed by atoms with van der Waals surface area (Å²) in [6.07, 6.45) is 2.73. The van der Waals surface area contributed by atoms with E-state index >= 15 is 0 Å². The Hall–Kier alpha value is -1.13. The third-order valence-electron chi connectivity index (χ3n) is 1.80. The van der Waals surface area contributed by atoms with Gasteiger partial charge in [0.05, 0.1) is 0 Å². The number of pyridine rings is 1. The van der Waals surface area contributed by atoms with Crippen molar-refractivity contribution in [3.05, 3.63) is 29.2 Å². The Kier molecular flexibility index (Phi) is 2.16. The molecule has 2 aromatic heterocycles. The Labute approximate surface area is 80.3 Å². The quantitative estimate of drug-likeness (QED) is 0.776. The first-order chi connectivity index (χ1) is 6.29. The van der Waals surface area contributed by atoms with Crippen molar-refractivity contribution in [1.29, 1.82) is 0 Å². The van der Waals surface area contributed by atoms with E-state index in [9.17, 15) is 0 Å². The van der Waals surface area contributed by atoms with Gasteiger partial charge in [0, 0.05) is 6.20 Å². The van der Waals surface area contributed by atoms with Gasteiger partial charge in [0.25, 0.3) is 0 Å². The van der Waals surface area contributed by atoms with Gasteiger partial charge in [-0.25, -0.2) is 4.52 Å². The number of nitrogens with zero attached hydrogens (tertiary/aromatic N) is 3. The standard InChI is InChI=1S/C8H9ClN4/c9-8-11-7-2-1-6(3-4-10)5-13(7)12-8/h1-2,5H,3-4,10H2. The van der Waals surface area contributed by atoms with Gasteiger partial charge in [-0.2, -0.15) is 4.98 Å². The molecule has 0 spiro atoms. The lowest BCUT2D eigenvalue weighted by atomic mass is 10.2. The van der Waals surface area contributed by atoms with Crippen LogP contribution in [0.15, 0.2) is 18.3 Å². The van der Waals surface area contributed by atoms with Crippen LogP contribution < -0.4 is 5.73 Å². The third-order valence-corrected chi connectivity index (χ3v) is 1.96. The summed E-state index contributed by atoms with van der Waals surface area (Å²) in [6.45, 7) is 0.633. The smallest absolute Gasteiger partial charge is 0.243 e. The maximum Gasteiger partial charge on any atom is 0.243 e. The van der Waals surface area contributed by atoms with Crippen molar-refractivity contribution in [3.63, 3.8) is 0 Å². The van der Waals surface area contributed by atoms with Crippen LogP contribution in [0.2, 0.25) is 5.28 Å². The molecule has 68 valence electrons. The van der Waals surface area contributed by atoms with Gasteiger partial charge in [-0.15, -0.1) is 5.10 Å². The fourth-order valence-corrected chi connectivity index (χ4v) is 1.38. The van der Waals surface area contributed by atoms with Gasteiger partial charge in [0.15, 0.2) is 5.65 Å². The van der Waals surface area contributed by atoms with Gasteiger partial charge in [0.1, 0.15) is 0 Å². The van der Waals surface area contributed by atoms with Crippen LogP contribution in [-0.2, 0) is 6.42 Å². The molecule has 0 bridgehead atoms. The number of rotatable bonds is 2. The summed E-state index contributed by atoms with van der Waals surface area (Å²) in [6, 6.07) is 3.86. The van der Waals surface area contributed by atoms with Gasteiger partial charge in [0.2, 0.25) is 5.28 Å². The highest BCUT2D eigenvalue weighted by atomic mass is 35.5. The van der Waals surface area contributed by atoms with E-state index in [0.29, 0.717) is 6.54 Å². The lowest BCUT2D eigenvalue weighted by Gasteiger charge is -1.97. The van der Waals surface area contributed by atoms with Gasteiger partial charge in [-0.05, 0) is 36.2 Å². The van der Waals surface area contributed by atoms with Gasteiger partial charge in [-0.1, -0.05) is 6.07 Å². The van der Waals surface area contributed by atoms with Crippen LogP contribution in [0, 0.1) is 0 Å². The number of fused-ring (bicyclic) bond motifs is 1. The maximum atomic E-state index is 5.64. The topological polar surface area (TPSA) is 56.2 Å². The first kappa shape index (κ1) is 8.47. The number of nitrogens with two attached hydrogens (primary N) is 1. The van der Waals surface area contributed by atoms with Crippen molar-refractivity contribution >= 4 is 17.2 Å². The van der Waals surface area contributed by atoms with E-state index in [4.69, 9.17) is 17.3 Å². The SMILES string of the molecule is NCCc1ccc2nc(Cl)nn2c1. The molecule has 0 aliphatic carbocycles. The van der Waals surface area contributed by atoms with Crippen LogP contribution in [0.3, 0.4) is 0 Å². The summed E-state index contributed by atoms with van der Waals surface area (Å²) in [4.78, 5) is 4.00. The molecule has 2 aromatic rings. The molecule has 2 heterocycles. The van der Waals surface area contributed by atoms with Gasteiger partial charge in [-0.3, -0.25) is 0 Å². The fraction of sp³-hybridized carbons (Fsp3) is 0.250.